The van der Waals surface area contributed by atoms with Gasteiger partial charge in [0.2, 0.25) is 11.9 Å². The lowest BCUT2D eigenvalue weighted by Crippen LogP contribution is -2.41. The first-order valence-corrected chi connectivity index (χ1v) is 8.83. The Morgan fingerprint density at radius 3 is 2.47 bits per heavy atom. The van der Waals surface area contributed by atoms with E-state index >= 15 is 0 Å². The van der Waals surface area contributed by atoms with Crippen molar-refractivity contribution >= 4 is 41.2 Å². The number of carbonyl (C=O) groups is 4. The average molecular weight is 451 g/mol. The highest BCUT2D eigenvalue weighted by molar-refractivity contribution is 5.96. The summed E-state index contributed by atoms with van der Waals surface area (Å²) in [5.41, 5.74) is 9.06. The Kier molecular flexibility index (Phi) is 7.39. The number of aromatic nitrogens is 3. The second-order valence-electron chi connectivity index (χ2n) is 6.39. The number of rotatable bonds is 9. The van der Waals surface area contributed by atoms with Crippen molar-refractivity contribution in [1.82, 2.24) is 20.3 Å². The van der Waals surface area contributed by atoms with Gasteiger partial charge in [0.15, 0.2) is 11.5 Å². The highest BCUT2D eigenvalue weighted by atomic mass is 19.1. The number of aromatic amines is 1. The number of carboxylic acid groups (broad SMARTS) is 2. The number of nitrogens with zero attached hydrogens (tertiary/aromatic N) is 2. The summed E-state index contributed by atoms with van der Waals surface area (Å²) < 4.78 is 14.3. The van der Waals surface area contributed by atoms with Crippen LogP contribution in [0.5, 0.6) is 0 Å². The zero-order valence-corrected chi connectivity index (χ0v) is 16.2. The first-order valence-electron chi connectivity index (χ1n) is 8.83. The maximum atomic E-state index is 14.3. The number of aliphatic carboxylic acids is 2. The predicted molar refractivity (Wildman–Crippen MR) is 106 cm³/mol. The fraction of sp³-hybridized carbons (Fsp3) is 0.235. The third-order valence-corrected chi connectivity index (χ3v) is 3.99. The largest absolute Gasteiger partial charge is 0.481 e. The molecule has 0 spiro atoms. The SMILES string of the molecule is Nc1nc(N)c(CC(=O)Nc2cnc(C(=O)NC(CCC(=O)O)C(=O)O)c(F)c2)c(=O)[nH]1. The number of nitrogens with one attached hydrogen (secondary N) is 3. The van der Waals surface area contributed by atoms with E-state index in [-0.39, 0.29) is 23.0 Å². The molecule has 0 aromatic carbocycles. The fourth-order valence-electron chi connectivity index (χ4n) is 2.50. The topological polar surface area (TPSA) is 243 Å². The molecule has 0 fully saturated rings. The van der Waals surface area contributed by atoms with Crippen molar-refractivity contribution < 1.29 is 33.8 Å². The third-order valence-electron chi connectivity index (χ3n) is 3.99. The number of nitrogens with two attached hydrogens (primary N) is 2. The molecule has 0 bridgehead atoms. The van der Waals surface area contributed by atoms with Crippen LogP contribution in [0.15, 0.2) is 17.1 Å². The molecule has 32 heavy (non-hydrogen) atoms. The molecule has 0 radical (unpaired) electrons. The molecule has 15 heteroatoms. The molecule has 2 rings (SSSR count). The van der Waals surface area contributed by atoms with Gasteiger partial charge in [-0.15, -0.1) is 0 Å². The van der Waals surface area contributed by atoms with E-state index in [2.05, 4.69) is 20.3 Å². The van der Waals surface area contributed by atoms with E-state index in [9.17, 15) is 28.4 Å². The normalized spacial score (nSPS) is 11.4. The Morgan fingerprint density at radius 1 is 1.22 bits per heavy atom. The summed E-state index contributed by atoms with van der Waals surface area (Å²) >= 11 is 0. The first kappa shape index (κ1) is 23.7. The number of pyridine rings is 1. The lowest BCUT2D eigenvalue weighted by Gasteiger charge is -2.14. The number of hydrogen-bond acceptors (Lipinski definition) is 9. The summed E-state index contributed by atoms with van der Waals surface area (Å²) in [4.78, 5) is 67.2. The van der Waals surface area contributed by atoms with Gasteiger partial charge in [-0.3, -0.25) is 24.2 Å². The Balaban J connectivity index is 2.08. The molecule has 0 saturated heterocycles. The van der Waals surface area contributed by atoms with Gasteiger partial charge in [-0.2, -0.15) is 4.98 Å². The summed E-state index contributed by atoms with van der Waals surface area (Å²) in [6.45, 7) is 0. The average Bonchev–Trinajstić information content (AvgIpc) is 2.67. The molecule has 170 valence electrons. The monoisotopic (exact) mass is 451 g/mol. The van der Waals surface area contributed by atoms with Crippen LogP contribution in [0.4, 0.5) is 21.8 Å². The number of amides is 2. The van der Waals surface area contributed by atoms with E-state index in [1.165, 1.54) is 0 Å². The molecule has 14 nitrogen and oxygen atoms in total. The number of carbonyl (C=O) groups excluding carboxylic acids is 2. The molecule has 0 aliphatic rings. The first-order chi connectivity index (χ1) is 15.0. The van der Waals surface area contributed by atoms with Crippen molar-refractivity contribution in [2.75, 3.05) is 16.8 Å². The van der Waals surface area contributed by atoms with Crippen molar-refractivity contribution in [3.05, 3.63) is 39.7 Å². The number of hydrogen-bond donors (Lipinski definition) is 7. The van der Waals surface area contributed by atoms with Crippen LogP contribution in [0.25, 0.3) is 0 Å². The molecule has 0 saturated carbocycles. The maximum Gasteiger partial charge on any atom is 0.326 e. The van der Waals surface area contributed by atoms with Crippen molar-refractivity contribution in [2.24, 2.45) is 0 Å². The second kappa shape index (κ2) is 9.96. The fourth-order valence-corrected chi connectivity index (χ4v) is 2.50. The smallest absolute Gasteiger partial charge is 0.326 e. The Morgan fingerprint density at radius 2 is 1.91 bits per heavy atom. The van der Waals surface area contributed by atoms with E-state index in [0.717, 1.165) is 12.3 Å². The van der Waals surface area contributed by atoms with Crippen molar-refractivity contribution in [3.8, 4) is 0 Å². The molecule has 0 aliphatic heterocycles. The number of carboxylic acids is 2. The molecular weight excluding hydrogens is 433 g/mol. The minimum atomic E-state index is -1.57. The van der Waals surface area contributed by atoms with Gasteiger partial charge in [0.05, 0.1) is 23.9 Å². The van der Waals surface area contributed by atoms with Gasteiger partial charge in [-0.25, -0.2) is 14.2 Å². The van der Waals surface area contributed by atoms with E-state index < -0.39 is 66.1 Å². The molecule has 0 aliphatic carbocycles. The lowest BCUT2D eigenvalue weighted by molar-refractivity contribution is -0.140. The molecule has 2 aromatic rings. The van der Waals surface area contributed by atoms with Crippen LogP contribution in [-0.4, -0.2) is 55.0 Å². The highest BCUT2D eigenvalue weighted by Crippen LogP contribution is 2.13. The van der Waals surface area contributed by atoms with Gasteiger partial charge >= 0.3 is 11.9 Å². The van der Waals surface area contributed by atoms with Crippen LogP contribution in [0.2, 0.25) is 0 Å². The summed E-state index contributed by atoms with van der Waals surface area (Å²) in [7, 11) is 0. The van der Waals surface area contributed by atoms with Gasteiger partial charge in [0.25, 0.3) is 11.5 Å². The number of nitrogen functional groups attached to an aromatic ring is 2. The Bertz CT molecular complexity index is 1130. The molecule has 2 amide bonds. The molecule has 2 heterocycles. The number of anilines is 3. The van der Waals surface area contributed by atoms with E-state index in [1.807, 2.05) is 5.32 Å². The van der Waals surface area contributed by atoms with Gasteiger partial charge < -0.3 is 32.3 Å². The van der Waals surface area contributed by atoms with Crippen LogP contribution in [0.3, 0.4) is 0 Å². The predicted octanol–water partition coefficient (Wildman–Crippen LogP) is -1.30. The zero-order valence-electron chi connectivity index (χ0n) is 16.2. The van der Waals surface area contributed by atoms with Gasteiger partial charge in [-0.05, 0) is 6.42 Å². The quantitative estimate of drug-likeness (QED) is 0.236. The standard InChI is InChI=1S/C17H18FN7O7/c18-8-3-6(22-10(26)4-7-13(19)24-17(20)25-14(7)29)5-21-12(8)15(30)23-9(16(31)32)1-2-11(27)28/h3,5,9H,1-2,4H2,(H,22,26)(H,23,30)(H,27,28)(H,31,32)(H5,19,20,24,25,29). The number of H-pyrrole nitrogens is 1. The molecule has 9 N–H and O–H groups in total. The highest BCUT2D eigenvalue weighted by Gasteiger charge is 2.24. The minimum absolute atomic E-state index is 0.164. The van der Waals surface area contributed by atoms with Crippen LogP contribution >= 0.6 is 0 Å². The summed E-state index contributed by atoms with van der Waals surface area (Å²) in [6.07, 6.45) is -0.538. The molecular formula is C17H18FN7O7. The molecule has 2 aromatic heterocycles. The second-order valence-corrected chi connectivity index (χ2v) is 6.39. The summed E-state index contributed by atoms with van der Waals surface area (Å²) in [5.74, 6) is -6.41. The van der Waals surface area contributed by atoms with Crippen LogP contribution < -0.4 is 27.7 Å². The lowest BCUT2D eigenvalue weighted by atomic mass is 10.1. The maximum absolute atomic E-state index is 14.3. The van der Waals surface area contributed by atoms with Crippen LogP contribution in [-0.2, 0) is 20.8 Å². The summed E-state index contributed by atoms with van der Waals surface area (Å²) in [6, 6.07) is -0.821. The van der Waals surface area contributed by atoms with Crippen molar-refractivity contribution in [1.29, 1.82) is 0 Å². The van der Waals surface area contributed by atoms with Crippen molar-refractivity contribution in [3.63, 3.8) is 0 Å². The minimum Gasteiger partial charge on any atom is -0.481 e. The molecule has 1 unspecified atom stereocenters. The van der Waals surface area contributed by atoms with Gasteiger partial charge in [0.1, 0.15) is 11.9 Å². The Hall–Kier alpha value is -4.56. The van der Waals surface area contributed by atoms with Crippen LogP contribution in [0.1, 0.15) is 28.9 Å². The molecule has 1 atom stereocenters. The van der Waals surface area contributed by atoms with Gasteiger partial charge in [0, 0.05) is 12.5 Å². The Labute approximate surface area is 177 Å². The van der Waals surface area contributed by atoms with Crippen LogP contribution in [0, 0.1) is 5.82 Å². The van der Waals surface area contributed by atoms with E-state index in [1.54, 1.807) is 0 Å². The van der Waals surface area contributed by atoms with Gasteiger partial charge in [-0.1, -0.05) is 0 Å². The number of halogens is 1. The summed E-state index contributed by atoms with van der Waals surface area (Å²) in [5, 5.41) is 21.9. The van der Waals surface area contributed by atoms with E-state index in [4.69, 9.17) is 21.7 Å². The van der Waals surface area contributed by atoms with E-state index in [0.29, 0.717) is 0 Å². The zero-order chi connectivity index (χ0) is 24.0. The van der Waals surface area contributed by atoms with Crippen molar-refractivity contribution in [2.45, 2.75) is 25.3 Å². The third kappa shape index (κ3) is 6.22.